The average Bonchev–Trinajstić information content (AvgIpc) is 2.78. The Labute approximate surface area is 175 Å². The van der Waals surface area contributed by atoms with E-state index in [1.54, 1.807) is 6.20 Å². The van der Waals surface area contributed by atoms with E-state index in [2.05, 4.69) is 10.3 Å². The molecule has 5 heteroatoms. The van der Waals surface area contributed by atoms with Gasteiger partial charge in [0.25, 0.3) is 5.91 Å². The highest BCUT2D eigenvalue weighted by molar-refractivity contribution is 6.30. The number of halogens is 1. The molecule has 148 valence electrons. The predicted octanol–water partition coefficient (Wildman–Crippen LogP) is 5.30. The van der Waals surface area contributed by atoms with Crippen LogP contribution in [0.3, 0.4) is 0 Å². The van der Waals surface area contributed by atoms with Crippen LogP contribution in [0.1, 0.15) is 34.8 Å². The molecule has 0 aliphatic carbocycles. The van der Waals surface area contributed by atoms with Crippen molar-refractivity contribution in [1.82, 2.24) is 10.3 Å². The zero-order valence-corrected chi connectivity index (χ0v) is 16.8. The molecule has 1 aliphatic rings. The van der Waals surface area contributed by atoms with Gasteiger partial charge in [0.2, 0.25) is 0 Å². The van der Waals surface area contributed by atoms with Gasteiger partial charge >= 0.3 is 0 Å². The molecule has 4 rings (SSSR count). The molecule has 0 unspecified atom stereocenters. The monoisotopic (exact) mass is 406 g/mol. The van der Waals surface area contributed by atoms with Gasteiger partial charge in [-0.2, -0.15) is 0 Å². The maximum Gasteiger partial charge on any atom is 0.251 e. The van der Waals surface area contributed by atoms with E-state index in [1.165, 1.54) is 0 Å². The molecule has 0 spiro atoms. The average molecular weight is 407 g/mol. The third-order valence-corrected chi connectivity index (χ3v) is 5.61. The Hall–Kier alpha value is -2.69. The van der Waals surface area contributed by atoms with Gasteiger partial charge in [0.1, 0.15) is 0 Å². The summed E-state index contributed by atoms with van der Waals surface area (Å²) >= 11 is 6.09. The molecule has 3 aromatic rings. The lowest BCUT2D eigenvalue weighted by Gasteiger charge is -2.31. The van der Waals surface area contributed by atoms with E-state index in [9.17, 15) is 4.79 Å². The summed E-state index contributed by atoms with van der Waals surface area (Å²) in [5, 5.41) is 3.93. The first-order valence-corrected chi connectivity index (χ1v) is 10.2. The fourth-order valence-electron chi connectivity index (χ4n) is 3.79. The van der Waals surface area contributed by atoms with Gasteiger partial charge in [0, 0.05) is 36.2 Å². The number of benzene rings is 2. The maximum atomic E-state index is 13.0. The number of amides is 1. The van der Waals surface area contributed by atoms with Crippen molar-refractivity contribution in [2.45, 2.75) is 18.9 Å². The molecule has 1 atom stereocenters. The predicted molar refractivity (Wildman–Crippen MR) is 115 cm³/mol. The molecule has 4 nitrogen and oxygen atoms in total. The first kappa shape index (κ1) is 19.6. The number of ether oxygens (including phenoxy) is 1. The fourth-order valence-corrected chi connectivity index (χ4v) is 3.98. The molecule has 0 saturated carbocycles. The Morgan fingerprint density at radius 2 is 1.83 bits per heavy atom. The molecular weight excluding hydrogens is 384 g/mol. The lowest BCUT2D eigenvalue weighted by molar-refractivity contribution is 0.0513. The smallest absolute Gasteiger partial charge is 0.251 e. The summed E-state index contributed by atoms with van der Waals surface area (Å²) in [6, 6.07) is 19.2. The second-order valence-electron chi connectivity index (χ2n) is 7.27. The third kappa shape index (κ3) is 4.84. The molecule has 1 N–H and O–H groups in total. The van der Waals surface area contributed by atoms with Crippen molar-refractivity contribution < 1.29 is 9.53 Å². The molecule has 29 heavy (non-hydrogen) atoms. The van der Waals surface area contributed by atoms with Crippen molar-refractivity contribution in [3.63, 3.8) is 0 Å². The summed E-state index contributed by atoms with van der Waals surface area (Å²) in [7, 11) is 0. The van der Waals surface area contributed by atoms with Gasteiger partial charge in [0.15, 0.2) is 0 Å². The Morgan fingerprint density at radius 3 is 2.52 bits per heavy atom. The van der Waals surface area contributed by atoms with Gasteiger partial charge in [-0.1, -0.05) is 41.9 Å². The lowest BCUT2D eigenvalue weighted by Crippen LogP contribution is -2.36. The third-order valence-electron chi connectivity index (χ3n) is 5.37. The summed E-state index contributed by atoms with van der Waals surface area (Å²) in [5.41, 5.74) is 3.72. The van der Waals surface area contributed by atoms with Crippen LogP contribution in [0.2, 0.25) is 5.02 Å². The van der Waals surface area contributed by atoms with Crippen molar-refractivity contribution in [3.8, 4) is 11.1 Å². The van der Waals surface area contributed by atoms with Gasteiger partial charge in [-0.3, -0.25) is 9.78 Å². The number of hydrogen-bond acceptors (Lipinski definition) is 3. The highest BCUT2D eigenvalue weighted by Gasteiger charge is 2.27. The van der Waals surface area contributed by atoms with E-state index in [1.807, 2.05) is 66.9 Å². The molecule has 1 amide bonds. The van der Waals surface area contributed by atoms with Crippen LogP contribution < -0.4 is 5.32 Å². The molecular formula is C24H23ClN2O2. The van der Waals surface area contributed by atoms with E-state index in [0.717, 1.165) is 42.7 Å². The molecule has 0 bridgehead atoms. The van der Waals surface area contributed by atoms with Crippen molar-refractivity contribution in [2.24, 2.45) is 5.92 Å². The van der Waals surface area contributed by atoms with Gasteiger partial charge in [-0.25, -0.2) is 0 Å². The number of aromatic nitrogens is 1. The minimum absolute atomic E-state index is 0.0762. The van der Waals surface area contributed by atoms with Crippen molar-refractivity contribution in [2.75, 3.05) is 13.2 Å². The summed E-state index contributed by atoms with van der Waals surface area (Å²) in [4.78, 5) is 17.2. The van der Waals surface area contributed by atoms with E-state index >= 15 is 0 Å². The standard InChI is InChI=1S/C24H23ClN2O2/c25-22-5-1-3-20(15-22)17-6-8-19(9-7-17)24(28)27-23(18-10-13-29-14-11-18)21-4-2-12-26-16-21/h1-9,12,15-16,18,23H,10-11,13-14H2,(H,27,28)/t23-/m1/s1. The van der Waals surface area contributed by atoms with Crippen LogP contribution >= 0.6 is 11.6 Å². The SMILES string of the molecule is O=C(N[C@@H](c1cccnc1)C1CCOCC1)c1ccc(-c2cccc(Cl)c2)cc1. The maximum absolute atomic E-state index is 13.0. The molecule has 1 aliphatic heterocycles. The van der Waals surface area contributed by atoms with Gasteiger partial charge < -0.3 is 10.1 Å². The normalized spacial score (nSPS) is 15.6. The molecule has 2 aromatic carbocycles. The van der Waals surface area contributed by atoms with Crippen molar-refractivity contribution in [1.29, 1.82) is 0 Å². The number of hydrogen-bond donors (Lipinski definition) is 1. The Balaban J connectivity index is 1.52. The fraction of sp³-hybridized carbons (Fsp3) is 0.250. The topological polar surface area (TPSA) is 51.2 Å². The van der Waals surface area contributed by atoms with Crippen LogP contribution in [0.5, 0.6) is 0 Å². The van der Waals surface area contributed by atoms with Crippen molar-refractivity contribution >= 4 is 17.5 Å². The molecule has 0 radical (unpaired) electrons. The minimum atomic E-state index is -0.0806. The number of rotatable bonds is 5. The van der Waals surface area contributed by atoms with Crippen LogP contribution in [0.15, 0.2) is 73.1 Å². The van der Waals surface area contributed by atoms with Crippen LogP contribution in [-0.2, 0) is 4.74 Å². The second kappa shape index (κ2) is 9.21. The number of nitrogens with one attached hydrogen (secondary N) is 1. The van der Waals surface area contributed by atoms with Crippen molar-refractivity contribution in [3.05, 3.63) is 89.2 Å². The van der Waals surface area contributed by atoms with Crippen LogP contribution in [0, 0.1) is 5.92 Å². The van der Waals surface area contributed by atoms with Crippen LogP contribution in [0.4, 0.5) is 0 Å². The summed E-state index contributed by atoms with van der Waals surface area (Å²) in [6.45, 7) is 1.46. The molecule has 1 saturated heterocycles. The van der Waals surface area contributed by atoms with Gasteiger partial charge in [-0.05, 0) is 65.8 Å². The first-order chi connectivity index (χ1) is 14.2. The Morgan fingerprint density at radius 1 is 1.03 bits per heavy atom. The quantitative estimate of drug-likeness (QED) is 0.625. The summed E-state index contributed by atoms with van der Waals surface area (Å²) in [5.74, 6) is 0.255. The Kier molecular flexibility index (Phi) is 6.23. The number of nitrogens with zero attached hydrogens (tertiary/aromatic N) is 1. The zero-order chi connectivity index (χ0) is 20.1. The highest BCUT2D eigenvalue weighted by Crippen LogP contribution is 2.30. The van der Waals surface area contributed by atoms with Gasteiger partial charge in [0.05, 0.1) is 6.04 Å². The minimum Gasteiger partial charge on any atom is -0.381 e. The molecule has 1 fully saturated rings. The second-order valence-corrected chi connectivity index (χ2v) is 7.71. The number of carbonyl (C=O) groups is 1. The van der Waals surface area contributed by atoms with E-state index in [4.69, 9.17) is 16.3 Å². The highest BCUT2D eigenvalue weighted by atomic mass is 35.5. The zero-order valence-electron chi connectivity index (χ0n) is 16.1. The van der Waals surface area contributed by atoms with Crippen LogP contribution in [-0.4, -0.2) is 24.1 Å². The van der Waals surface area contributed by atoms with Gasteiger partial charge in [-0.15, -0.1) is 0 Å². The number of carbonyl (C=O) groups excluding carboxylic acids is 1. The van der Waals surface area contributed by atoms with E-state index < -0.39 is 0 Å². The summed E-state index contributed by atoms with van der Waals surface area (Å²) < 4.78 is 5.50. The largest absolute Gasteiger partial charge is 0.381 e. The Bertz CT molecular complexity index is 954. The summed E-state index contributed by atoms with van der Waals surface area (Å²) in [6.07, 6.45) is 5.44. The van der Waals surface area contributed by atoms with Crippen LogP contribution in [0.25, 0.3) is 11.1 Å². The lowest BCUT2D eigenvalue weighted by atomic mass is 9.87. The van der Waals surface area contributed by atoms with E-state index in [0.29, 0.717) is 16.5 Å². The first-order valence-electron chi connectivity index (χ1n) is 9.85. The molecule has 2 heterocycles. The van der Waals surface area contributed by atoms with E-state index in [-0.39, 0.29) is 11.9 Å². The number of pyridine rings is 1. The molecule has 1 aromatic heterocycles.